The van der Waals surface area contributed by atoms with Crippen molar-refractivity contribution in [2.45, 2.75) is 18.6 Å². The topological polar surface area (TPSA) is 21.8 Å². The Kier molecular flexibility index (Phi) is 1.09. The van der Waals surface area contributed by atoms with Gasteiger partial charge in [0.25, 0.3) is 0 Å². The van der Waals surface area contributed by atoms with Crippen LogP contribution >= 0.6 is 0 Å². The summed E-state index contributed by atoms with van der Waals surface area (Å²) in [5.74, 6) is 0.935. The van der Waals surface area contributed by atoms with Crippen LogP contribution in [0.3, 0.4) is 0 Å². The number of hydrogen-bond acceptors (Lipinski definition) is 2. The quantitative estimate of drug-likeness (QED) is 0.586. The minimum Gasteiger partial charge on any atom is -0.497 e. The van der Waals surface area contributed by atoms with Gasteiger partial charge in [0.15, 0.2) is 0 Å². The molecule has 62 valence electrons. The fraction of sp³-hybridized carbons (Fsp3) is 0.400. The summed E-state index contributed by atoms with van der Waals surface area (Å²) in [6.45, 7) is 0. The van der Waals surface area contributed by atoms with Gasteiger partial charge in [-0.1, -0.05) is 6.07 Å². The summed E-state index contributed by atoms with van der Waals surface area (Å²) in [6, 6.07) is 6.25. The molecule has 3 rings (SSSR count). The van der Waals surface area contributed by atoms with Gasteiger partial charge in [-0.2, -0.15) is 0 Å². The third kappa shape index (κ3) is 0.730. The van der Waals surface area contributed by atoms with Crippen molar-refractivity contribution in [3.05, 3.63) is 29.3 Å². The first-order valence-electron chi connectivity index (χ1n) is 4.21. The van der Waals surface area contributed by atoms with Crippen LogP contribution in [0.15, 0.2) is 18.2 Å². The first kappa shape index (κ1) is 6.49. The van der Waals surface area contributed by atoms with E-state index in [1.807, 2.05) is 6.07 Å². The molecule has 0 N–H and O–H groups in total. The van der Waals surface area contributed by atoms with Crippen molar-refractivity contribution in [2.24, 2.45) is 0 Å². The van der Waals surface area contributed by atoms with E-state index >= 15 is 0 Å². The number of methoxy groups -OCH3 is 1. The van der Waals surface area contributed by atoms with Crippen LogP contribution in [-0.4, -0.2) is 13.2 Å². The fourth-order valence-corrected chi connectivity index (χ4v) is 1.94. The first-order valence-corrected chi connectivity index (χ1v) is 4.21. The molecule has 0 spiro atoms. The highest BCUT2D eigenvalue weighted by Crippen LogP contribution is 2.49. The van der Waals surface area contributed by atoms with Gasteiger partial charge >= 0.3 is 0 Å². The monoisotopic (exact) mass is 162 g/mol. The highest BCUT2D eigenvalue weighted by atomic mass is 16.6. The first-order chi connectivity index (χ1) is 5.88. The van der Waals surface area contributed by atoms with Gasteiger partial charge in [0.2, 0.25) is 0 Å². The van der Waals surface area contributed by atoms with E-state index in [0.29, 0.717) is 12.2 Å². The predicted octanol–water partition coefficient (Wildman–Crippen LogP) is 1.69. The second-order valence-electron chi connectivity index (χ2n) is 3.36. The number of ether oxygens (including phenoxy) is 2. The molecule has 2 atom stereocenters. The van der Waals surface area contributed by atoms with Crippen molar-refractivity contribution in [1.82, 2.24) is 0 Å². The van der Waals surface area contributed by atoms with Crippen LogP contribution in [-0.2, 0) is 11.2 Å². The van der Waals surface area contributed by atoms with Gasteiger partial charge in [0, 0.05) is 6.42 Å². The lowest BCUT2D eigenvalue weighted by Crippen LogP contribution is -1.90. The summed E-state index contributed by atoms with van der Waals surface area (Å²) >= 11 is 0. The van der Waals surface area contributed by atoms with E-state index in [1.165, 1.54) is 11.1 Å². The Balaban J connectivity index is 2.09. The third-order valence-corrected chi connectivity index (χ3v) is 2.66. The van der Waals surface area contributed by atoms with E-state index in [1.54, 1.807) is 7.11 Å². The number of rotatable bonds is 1. The molecule has 1 aliphatic carbocycles. The van der Waals surface area contributed by atoms with E-state index in [0.717, 1.165) is 12.2 Å². The van der Waals surface area contributed by atoms with Crippen LogP contribution in [0.1, 0.15) is 17.2 Å². The van der Waals surface area contributed by atoms with Gasteiger partial charge in [-0.3, -0.25) is 0 Å². The molecule has 1 fully saturated rings. The van der Waals surface area contributed by atoms with Crippen LogP contribution in [0.5, 0.6) is 5.75 Å². The Labute approximate surface area is 71.1 Å². The van der Waals surface area contributed by atoms with Crippen LogP contribution in [0.25, 0.3) is 0 Å². The van der Waals surface area contributed by atoms with E-state index < -0.39 is 0 Å². The van der Waals surface area contributed by atoms with Gasteiger partial charge in [0.05, 0.1) is 13.2 Å². The zero-order valence-electron chi connectivity index (χ0n) is 6.91. The van der Waals surface area contributed by atoms with E-state index in [-0.39, 0.29) is 0 Å². The maximum atomic E-state index is 5.42. The molecule has 1 saturated heterocycles. The Bertz CT molecular complexity index is 333. The van der Waals surface area contributed by atoms with Crippen molar-refractivity contribution in [2.75, 3.05) is 7.11 Å². The summed E-state index contributed by atoms with van der Waals surface area (Å²) in [5.41, 5.74) is 2.76. The van der Waals surface area contributed by atoms with Gasteiger partial charge in [-0.15, -0.1) is 0 Å². The largest absolute Gasteiger partial charge is 0.497 e. The molecule has 0 aromatic heterocycles. The second kappa shape index (κ2) is 2.02. The summed E-state index contributed by atoms with van der Waals surface area (Å²) < 4.78 is 10.6. The molecule has 0 unspecified atom stereocenters. The summed E-state index contributed by atoms with van der Waals surface area (Å²) in [7, 11) is 1.70. The smallest absolute Gasteiger partial charge is 0.119 e. The number of epoxide rings is 1. The Morgan fingerprint density at radius 3 is 3.25 bits per heavy atom. The van der Waals surface area contributed by atoms with Crippen molar-refractivity contribution in [3.8, 4) is 5.75 Å². The average molecular weight is 162 g/mol. The highest BCUT2D eigenvalue weighted by molar-refractivity contribution is 5.44. The zero-order valence-corrected chi connectivity index (χ0v) is 6.91. The Morgan fingerprint density at radius 1 is 1.50 bits per heavy atom. The SMILES string of the molecule is COc1ccc2c(c1)[C@H]1O[C@@H]1C2. The molecule has 2 aliphatic rings. The summed E-state index contributed by atoms with van der Waals surface area (Å²) in [4.78, 5) is 0. The minimum absolute atomic E-state index is 0.384. The molecule has 0 bridgehead atoms. The Hall–Kier alpha value is -1.02. The van der Waals surface area contributed by atoms with Crippen LogP contribution in [0, 0.1) is 0 Å². The molecule has 2 nitrogen and oxygen atoms in total. The van der Waals surface area contributed by atoms with Gasteiger partial charge in [-0.05, 0) is 23.3 Å². The maximum absolute atomic E-state index is 5.42. The highest BCUT2D eigenvalue weighted by Gasteiger charge is 2.47. The molecule has 1 aliphatic heterocycles. The lowest BCUT2D eigenvalue weighted by atomic mass is 10.1. The van der Waals surface area contributed by atoms with Crippen molar-refractivity contribution < 1.29 is 9.47 Å². The number of benzene rings is 1. The molecule has 0 amide bonds. The normalized spacial score (nSPS) is 29.4. The van der Waals surface area contributed by atoms with E-state index in [9.17, 15) is 0 Å². The van der Waals surface area contributed by atoms with Crippen LogP contribution in [0.2, 0.25) is 0 Å². The van der Waals surface area contributed by atoms with Crippen molar-refractivity contribution in [1.29, 1.82) is 0 Å². The third-order valence-electron chi connectivity index (χ3n) is 2.66. The zero-order chi connectivity index (χ0) is 8.13. The number of fused-ring (bicyclic) bond motifs is 3. The average Bonchev–Trinajstić information content (AvgIpc) is 2.79. The number of hydrogen-bond donors (Lipinski definition) is 0. The molecule has 1 aromatic rings. The standard InChI is InChI=1S/C10H10O2/c1-11-7-3-2-6-4-9-10(12-9)8(6)5-7/h2-3,5,9-10H,4H2,1H3/t9-,10-/m1/s1. The summed E-state index contributed by atoms with van der Waals surface area (Å²) in [6.07, 6.45) is 1.95. The summed E-state index contributed by atoms with van der Waals surface area (Å²) in [5, 5.41) is 0. The van der Waals surface area contributed by atoms with Crippen molar-refractivity contribution in [3.63, 3.8) is 0 Å². The maximum Gasteiger partial charge on any atom is 0.119 e. The van der Waals surface area contributed by atoms with Gasteiger partial charge < -0.3 is 9.47 Å². The van der Waals surface area contributed by atoms with E-state index in [4.69, 9.17) is 9.47 Å². The lowest BCUT2D eigenvalue weighted by Gasteiger charge is -2.04. The molecule has 1 aromatic carbocycles. The van der Waals surface area contributed by atoms with Crippen LogP contribution in [0.4, 0.5) is 0 Å². The van der Waals surface area contributed by atoms with Crippen molar-refractivity contribution >= 4 is 0 Å². The molecule has 2 heteroatoms. The lowest BCUT2D eigenvalue weighted by molar-refractivity contribution is 0.359. The second-order valence-corrected chi connectivity index (χ2v) is 3.36. The molecule has 0 radical (unpaired) electrons. The Morgan fingerprint density at radius 2 is 2.42 bits per heavy atom. The van der Waals surface area contributed by atoms with E-state index in [2.05, 4.69) is 12.1 Å². The fourth-order valence-electron chi connectivity index (χ4n) is 1.94. The molecule has 1 heterocycles. The van der Waals surface area contributed by atoms with Gasteiger partial charge in [0.1, 0.15) is 11.9 Å². The van der Waals surface area contributed by atoms with Gasteiger partial charge in [-0.25, -0.2) is 0 Å². The molecule has 12 heavy (non-hydrogen) atoms. The van der Waals surface area contributed by atoms with Crippen LogP contribution < -0.4 is 4.74 Å². The minimum atomic E-state index is 0.384. The molecular weight excluding hydrogens is 152 g/mol. The predicted molar refractivity (Wildman–Crippen MR) is 44.3 cm³/mol. The molecular formula is C10H10O2. The molecule has 0 saturated carbocycles.